The highest BCUT2D eigenvalue weighted by atomic mass is 16.6. The summed E-state index contributed by atoms with van der Waals surface area (Å²) in [6.07, 6.45) is 5.75. The average Bonchev–Trinajstić information content (AvgIpc) is 3.71. The van der Waals surface area contributed by atoms with E-state index < -0.39 is 11.0 Å². The Morgan fingerprint density at radius 2 is 1.83 bits per heavy atom. The molecule has 2 unspecified atom stereocenters. The lowest BCUT2D eigenvalue weighted by atomic mass is 9.55. The molecule has 3 aliphatic rings. The molecule has 2 aromatic carbocycles. The van der Waals surface area contributed by atoms with Crippen LogP contribution in [0.1, 0.15) is 61.4 Å². The first-order valence-corrected chi connectivity index (χ1v) is 13.2. The Morgan fingerprint density at radius 3 is 2.53 bits per heavy atom. The molecule has 5 rings (SSSR count). The molecule has 3 fully saturated rings. The number of hydrogen-bond acceptors (Lipinski definition) is 5. The van der Waals surface area contributed by atoms with E-state index in [1.807, 2.05) is 54.4 Å². The van der Waals surface area contributed by atoms with Gasteiger partial charge in [0, 0.05) is 44.1 Å². The standard InChI is InChI=1S/C30H38N2O4/c1-22(33)36-30-15-14-26(31(2)28(34)24-8-5-4-6-9-24)19-29(30,25-10-7-11-27(18-25)35-3)16-17-32(21-30)20-23-12-13-23/h4-11,18,23,26H,12-17,19-21H2,1-3H3/t26-,29?,30?/m1/s1. The maximum absolute atomic E-state index is 13.4. The second-order valence-electron chi connectivity index (χ2n) is 11.0. The molecule has 192 valence electrons. The zero-order valence-electron chi connectivity index (χ0n) is 21.7. The van der Waals surface area contributed by atoms with Crippen molar-refractivity contribution in [1.82, 2.24) is 9.80 Å². The van der Waals surface area contributed by atoms with Gasteiger partial charge in [-0.15, -0.1) is 0 Å². The Bertz CT molecular complexity index is 1100. The third kappa shape index (κ3) is 4.63. The Kier molecular flexibility index (Phi) is 6.82. The molecular formula is C30H38N2O4. The van der Waals surface area contributed by atoms with Crippen LogP contribution < -0.4 is 4.74 Å². The number of esters is 1. The van der Waals surface area contributed by atoms with E-state index >= 15 is 0 Å². The fourth-order valence-electron chi connectivity index (χ4n) is 6.68. The molecule has 1 heterocycles. The van der Waals surface area contributed by atoms with Gasteiger partial charge in [0.2, 0.25) is 0 Å². The number of carbonyl (C=O) groups excluding carboxylic acids is 2. The van der Waals surface area contributed by atoms with Gasteiger partial charge in [-0.05, 0) is 80.8 Å². The number of benzene rings is 2. The van der Waals surface area contributed by atoms with Gasteiger partial charge in [-0.2, -0.15) is 0 Å². The number of likely N-dealkylation sites (tertiary alicyclic amines) is 1. The summed E-state index contributed by atoms with van der Waals surface area (Å²) in [5.41, 5.74) is 0.804. The van der Waals surface area contributed by atoms with Gasteiger partial charge in [0.1, 0.15) is 11.4 Å². The Hall–Kier alpha value is -2.86. The van der Waals surface area contributed by atoms with Crippen LogP contribution in [0.4, 0.5) is 0 Å². The van der Waals surface area contributed by atoms with Crippen molar-refractivity contribution >= 4 is 11.9 Å². The second kappa shape index (κ2) is 9.89. The molecular weight excluding hydrogens is 452 g/mol. The van der Waals surface area contributed by atoms with Crippen molar-refractivity contribution < 1.29 is 19.1 Å². The van der Waals surface area contributed by atoms with Crippen LogP contribution in [-0.4, -0.2) is 67.1 Å². The van der Waals surface area contributed by atoms with Crippen LogP contribution in [0.15, 0.2) is 54.6 Å². The van der Waals surface area contributed by atoms with Gasteiger partial charge in [-0.25, -0.2) is 0 Å². The fraction of sp³-hybridized carbons (Fsp3) is 0.533. The lowest BCUT2D eigenvalue weighted by Crippen LogP contribution is -2.68. The number of ether oxygens (including phenoxy) is 2. The summed E-state index contributed by atoms with van der Waals surface area (Å²) in [6, 6.07) is 17.8. The van der Waals surface area contributed by atoms with Crippen LogP contribution in [0, 0.1) is 5.92 Å². The fourth-order valence-corrected chi connectivity index (χ4v) is 6.68. The van der Waals surface area contributed by atoms with Gasteiger partial charge in [-0.1, -0.05) is 30.3 Å². The van der Waals surface area contributed by atoms with Crippen molar-refractivity contribution in [2.24, 2.45) is 5.92 Å². The summed E-state index contributed by atoms with van der Waals surface area (Å²) in [4.78, 5) is 30.4. The summed E-state index contributed by atoms with van der Waals surface area (Å²) < 4.78 is 12.0. The summed E-state index contributed by atoms with van der Waals surface area (Å²) in [5.74, 6) is 1.37. The van der Waals surface area contributed by atoms with Gasteiger partial charge in [0.25, 0.3) is 5.91 Å². The Balaban J connectivity index is 1.53. The molecule has 0 aromatic heterocycles. The minimum atomic E-state index is -0.633. The highest BCUT2D eigenvalue weighted by Crippen LogP contribution is 2.55. The van der Waals surface area contributed by atoms with Gasteiger partial charge >= 0.3 is 5.97 Å². The van der Waals surface area contributed by atoms with Crippen molar-refractivity contribution in [2.45, 2.75) is 62.5 Å². The number of methoxy groups -OCH3 is 1. The van der Waals surface area contributed by atoms with E-state index in [1.54, 1.807) is 7.11 Å². The van der Waals surface area contributed by atoms with Crippen molar-refractivity contribution in [3.05, 3.63) is 65.7 Å². The first-order chi connectivity index (χ1) is 17.4. The zero-order valence-corrected chi connectivity index (χ0v) is 21.7. The molecule has 2 aromatic rings. The van der Waals surface area contributed by atoms with Gasteiger partial charge in [0.05, 0.1) is 7.11 Å². The third-order valence-electron chi connectivity index (χ3n) is 8.74. The molecule has 2 aliphatic carbocycles. The molecule has 1 amide bonds. The monoisotopic (exact) mass is 490 g/mol. The molecule has 6 nitrogen and oxygen atoms in total. The molecule has 1 saturated heterocycles. The van der Waals surface area contributed by atoms with Crippen LogP contribution in [0.5, 0.6) is 5.75 Å². The van der Waals surface area contributed by atoms with Crippen LogP contribution in [-0.2, 0) is 14.9 Å². The summed E-state index contributed by atoms with van der Waals surface area (Å²) in [5, 5.41) is 0. The topological polar surface area (TPSA) is 59.1 Å². The maximum Gasteiger partial charge on any atom is 0.303 e. The highest BCUT2D eigenvalue weighted by Gasteiger charge is 2.61. The third-order valence-corrected chi connectivity index (χ3v) is 8.74. The predicted octanol–water partition coefficient (Wildman–Crippen LogP) is 4.68. The first-order valence-electron chi connectivity index (χ1n) is 13.2. The van der Waals surface area contributed by atoms with Crippen molar-refractivity contribution in [3.63, 3.8) is 0 Å². The van der Waals surface area contributed by atoms with Crippen LogP contribution >= 0.6 is 0 Å². The lowest BCUT2D eigenvalue weighted by molar-refractivity contribution is -0.188. The van der Waals surface area contributed by atoms with Crippen LogP contribution in [0.2, 0.25) is 0 Å². The van der Waals surface area contributed by atoms with Gasteiger partial charge in [-0.3, -0.25) is 14.5 Å². The Morgan fingerprint density at radius 1 is 1.06 bits per heavy atom. The molecule has 3 atom stereocenters. The number of rotatable bonds is 7. The smallest absolute Gasteiger partial charge is 0.303 e. The number of carbonyl (C=O) groups is 2. The van der Waals surface area contributed by atoms with Gasteiger partial charge in [0.15, 0.2) is 0 Å². The predicted molar refractivity (Wildman–Crippen MR) is 139 cm³/mol. The zero-order chi connectivity index (χ0) is 25.3. The number of hydrogen-bond donors (Lipinski definition) is 0. The van der Waals surface area contributed by atoms with Crippen molar-refractivity contribution in [3.8, 4) is 5.75 Å². The average molecular weight is 491 g/mol. The van der Waals surface area contributed by atoms with E-state index in [2.05, 4.69) is 17.0 Å². The molecule has 0 spiro atoms. The molecule has 6 heteroatoms. The molecule has 1 aliphatic heterocycles. The minimum Gasteiger partial charge on any atom is -0.497 e. The maximum atomic E-state index is 13.4. The van der Waals surface area contributed by atoms with Gasteiger partial charge < -0.3 is 14.4 Å². The van der Waals surface area contributed by atoms with Crippen molar-refractivity contribution in [1.29, 1.82) is 0 Å². The van der Waals surface area contributed by atoms with E-state index in [1.165, 1.54) is 19.8 Å². The number of piperidine rings is 1. The van der Waals surface area contributed by atoms with Crippen molar-refractivity contribution in [2.75, 3.05) is 33.8 Å². The van der Waals surface area contributed by atoms with E-state index in [9.17, 15) is 9.59 Å². The Labute approximate surface area is 214 Å². The largest absolute Gasteiger partial charge is 0.497 e. The highest BCUT2D eigenvalue weighted by molar-refractivity contribution is 5.94. The van der Waals surface area contributed by atoms with E-state index in [0.29, 0.717) is 5.56 Å². The van der Waals surface area contributed by atoms with Crippen LogP contribution in [0.3, 0.4) is 0 Å². The molecule has 0 N–H and O–H groups in total. The second-order valence-corrected chi connectivity index (χ2v) is 11.0. The number of amides is 1. The summed E-state index contributed by atoms with van der Waals surface area (Å²) in [7, 11) is 3.60. The summed E-state index contributed by atoms with van der Waals surface area (Å²) in [6.45, 7) is 4.30. The quantitative estimate of drug-likeness (QED) is 0.528. The molecule has 36 heavy (non-hydrogen) atoms. The van der Waals surface area contributed by atoms with E-state index in [4.69, 9.17) is 9.47 Å². The minimum absolute atomic E-state index is 0.0348. The summed E-state index contributed by atoms with van der Waals surface area (Å²) >= 11 is 0. The van der Waals surface area contributed by atoms with Crippen LogP contribution in [0.25, 0.3) is 0 Å². The number of fused-ring (bicyclic) bond motifs is 1. The molecule has 2 saturated carbocycles. The van der Waals surface area contributed by atoms with E-state index in [-0.39, 0.29) is 17.9 Å². The number of nitrogens with zero attached hydrogens (tertiary/aromatic N) is 2. The molecule has 0 radical (unpaired) electrons. The first kappa shape index (κ1) is 24.8. The molecule has 0 bridgehead atoms. The normalized spacial score (nSPS) is 28.1. The van der Waals surface area contributed by atoms with E-state index in [0.717, 1.165) is 62.5 Å². The lowest BCUT2D eigenvalue weighted by Gasteiger charge is -2.60. The SMILES string of the molecule is COc1cccc(C23CCN(CC4CC4)CC2(OC(C)=O)CC[C@@H](N(C)C(=O)c2ccccc2)C3)c1.